The standard InChI is InChI=1S/C27H27NO/c29-27(19-28-16-6-1-7-17-28)21-14-12-20(13-15-21)18-26-24-10-4-2-8-22(24)23-9-3-5-11-25(23)26/h2-5,8-15,18,27,29H,1,6-7,16-17,19H2. The summed E-state index contributed by atoms with van der Waals surface area (Å²) in [6.45, 7) is 2.96. The van der Waals surface area contributed by atoms with Crippen molar-refractivity contribution < 1.29 is 5.11 Å². The number of hydrogen-bond donors (Lipinski definition) is 1. The molecule has 3 aromatic carbocycles. The van der Waals surface area contributed by atoms with E-state index in [1.807, 2.05) is 0 Å². The van der Waals surface area contributed by atoms with Gasteiger partial charge in [0.2, 0.25) is 0 Å². The molecule has 0 aromatic heterocycles. The van der Waals surface area contributed by atoms with Crippen LogP contribution in [0.15, 0.2) is 72.8 Å². The lowest BCUT2D eigenvalue weighted by atomic mass is 9.99. The van der Waals surface area contributed by atoms with Gasteiger partial charge < -0.3 is 10.0 Å². The van der Waals surface area contributed by atoms with Crippen LogP contribution in [0.25, 0.3) is 22.8 Å². The average molecular weight is 382 g/mol. The predicted octanol–water partition coefficient (Wildman–Crippen LogP) is 5.78. The molecule has 0 saturated carbocycles. The smallest absolute Gasteiger partial charge is 0.0916 e. The summed E-state index contributed by atoms with van der Waals surface area (Å²) >= 11 is 0. The summed E-state index contributed by atoms with van der Waals surface area (Å²) in [5, 5.41) is 10.7. The van der Waals surface area contributed by atoms with E-state index in [4.69, 9.17) is 0 Å². The Morgan fingerprint density at radius 1 is 0.724 bits per heavy atom. The molecule has 1 unspecified atom stereocenters. The van der Waals surface area contributed by atoms with Crippen LogP contribution >= 0.6 is 0 Å². The Bertz CT molecular complexity index is 981. The van der Waals surface area contributed by atoms with Gasteiger partial charge in [0.1, 0.15) is 0 Å². The largest absolute Gasteiger partial charge is 0.387 e. The zero-order valence-corrected chi connectivity index (χ0v) is 16.7. The lowest BCUT2D eigenvalue weighted by Gasteiger charge is -2.28. The molecule has 3 aromatic rings. The van der Waals surface area contributed by atoms with Crippen molar-refractivity contribution in [2.75, 3.05) is 19.6 Å². The lowest BCUT2D eigenvalue weighted by Crippen LogP contribution is -2.33. The molecule has 1 N–H and O–H groups in total. The summed E-state index contributed by atoms with van der Waals surface area (Å²) in [7, 11) is 0. The first kappa shape index (κ1) is 18.4. The Labute approximate surface area is 173 Å². The van der Waals surface area contributed by atoms with Gasteiger partial charge in [-0.2, -0.15) is 0 Å². The maximum absolute atomic E-state index is 10.7. The summed E-state index contributed by atoms with van der Waals surface area (Å²) in [5.74, 6) is 0. The first-order valence-electron chi connectivity index (χ1n) is 10.7. The minimum absolute atomic E-state index is 0.414. The van der Waals surface area contributed by atoms with E-state index in [0.29, 0.717) is 0 Å². The van der Waals surface area contributed by atoms with Crippen LogP contribution in [0, 0.1) is 0 Å². The number of likely N-dealkylation sites (tertiary alicyclic amines) is 1. The third kappa shape index (κ3) is 3.66. The molecule has 0 amide bonds. The van der Waals surface area contributed by atoms with Crippen molar-refractivity contribution in [3.8, 4) is 11.1 Å². The number of β-amino-alcohol motifs (C(OH)–C–C–N with tert-alkyl or cyclic N) is 1. The molecule has 5 rings (SSSR count). The zero-order valence-electron chi connectivity index (χ0n) is 16.7. The van der Waals surface area contributed by atoms with Crippen molar-refractivity contribution >= 4 is 11.6 Å². The Morgan fingerprint density at radius 2 is 1.28 bits per heavy atom. The summed E-state index contributed by atoms with van der Waals surface area (Å²) in [6.07, 6.45) is 5.68. The topological polar surface area (TPSA) is 23.5 Å². The molecule has 2 aliphatic rings. The van der Waals surface area contributed by atoms with Gasteiger partial charge in [-0.25, -0.2) is 0 Å². The molecule has 1 aliphatic heterocycles. The second-order valence-electron chi connectivity index (χ2n) is 8.19. The Kier molecular flexibility index (Phi) is 5.05. The van der Waals surface area contributed by atoms with Crippen LogP contribution in [0.1, 0.15) is 47.6 Å². The minimum Gasteiger partial charge on any atom is -0.387 e. The quantitative estimate of drug-likeness (QED) is 0.485. The SMILES string of the molecule is OC(CN1CCCCC1)c1ccc(C=C2c3ccccc3-c3ccccc32)cc1. The Hall–Kier alpha value is -2.68. The van der Waals surface area contributed by atoms with Gasteiger partial charge in [0, 0.05) is 6.54 Å². The number of benzene rings is 3. The molecule has 0 radical (unpaired) electrons. The number of piperidine rings is 1. The number of aliphatic hydroxyl groups excluding tert-OH is 1. The fourth-order valence-electron chi connectivity index (χ4n) is 4.68. The highest BCUT2D eigenvalue weighted by Crippen LogP contribution is 2.44. The van der Waals surface area contributed by atoms with Crippen molar-refractivity contribution in [2.45, 2.75) is 25.4 Å². The molecule has 29 heavy (non-hydrogen) atoms. The van der Waals surface area contributed by atoms with Crippen molar-refractivity contribution in [1.82, 2.24) is 4.90 Å². The fraction of sp³-hybridized carbons (Fsp3) is 0.259. The van der Waals surface area contributed by atoms with E-state index >= 15 is 0 Å². The molecular formula is C27H27NO. The molecule has 1 fully saturated rings. The second-order valence-corrected chi connectivity index (χ2v) is 8.19. The van der Waals surface area contributed by atoms with Gasteiger partial charge in [-0.15, -0.1) is 0 Å². The predicted molar refractivity (Wildman–Crippen MR) is 121 cm³/mol. The number of hydrogen-bond acceptors (Lipinski definition) is 2. The van der Waals surface area contributed by atoms with Gasteiger partial charge in [-0.1, -0.05) is 79.2 Å². The van der Waals surface area contributed by atoms with E-state index in [1.54, 1.807) is 0 Å². The monoisotopic (exact) mass is 381 g/mol. The molecule has 2 nitrogen and oxygen atoms in total. The third-order valence-electron chi connectivity index (χ3n) is 6.24. The van der Waals surface area contributed by atoms with Gasteiger partial charge in [-0.3, -0.25) is 0 Å². The molecule has 0 spiro atoms. The van der Waals surface area contributed by atoms with Gasteiger partial charge >= 0.3 is 0 Å². The third-order valence-corrected chi connectivity index (χ3v) is 6.24. The molecule has 1 atom stereocenters. The molecule has 1 saturated heterocycles. The van der Waals surface area contributed by atoms with Crippen molar-refractivity contribution in [3.63, 3.8) is 0 Å². The van der Waals surface area contributed by atoms with E-state index in [9.17, 15) is 5.11 Å². The highest BCUT2D eigenvalue weighted by Gasteiger charge is 2.22. The van der Waals surface area contributed by atoms with Crippen molar-refractivity contribution in [3.05, 3.63) is 95.1 Å². The maximum atomic E-state index is 10.7. The number of aliphatic hydroxyl groups is 1. The van der Waals surface area contributed by atoms with Crippen molar-refractivity contribution in [1.29, 1.82) is 0 Å². The van der Waals surface area contributed by atoms with Gasteiger partial charge in [0.25, 0.3) is 0 Å². The van der Waals surface area contributed by atoms with Crippen LogP contribution in [0.5, 0.6) is 0 Å². The average Bonchev–Trinajstić information content (AvgIpc) is 3.09. The highest BCUT2D eigenvalue weighted by molar-refractivity contribution is 6.06. The molecule has 2 heteroatoms. The van der Waals surface area contributed by atoms with Crippen LogP contribution in [0.2, 0.25) is 0 Å². The summed E-state index contributed by atoms with van der Waals surface area (Å²) in [4.78, 5) is 2.39. The minimum atomic E-state index is -0.414. The summed E-state index contributed by atoms with van der Waals surface area (Å²) in [6, 6.07) is 25.7. The first-order valence-corrected chi connectivity index (χ1v) is 10.7. The van der Waals surface area contributed by atoms with Crippen LogP contribution in [0.3, 0.4) is 0 Å². The van der Waals surface area contributed by atoms with E-state index in [2.05, 4.69) is 83.8 Å². The summed E-state index contributed by atoms with van der Waals surface area (Å²) in [5.41, 5.74) is 8.65. The van der Waals surface area contributed by atoms with Gasteiger partial charge in [0.05, 0.1) is 6.10 Å². The van der Waals surface area contributed by atoms with E-state index < -0.39 is 6.10 Å². The molecule has 146 valence electrons. The lowest BCUT2D eigenvalue weighted by molar-refractivity contribution is 0.101. The number of rotatable bonds is 4. The zero-order chi connectivity index (χ0) is 19.6. The van der Waals surface area contributed by atoms with Gasteiger partial charge in [0.15, 0.2) is 0 Å². The van der Waals surface area contributed by atoms with Crippen molar-refractivity contribution in [2.24, 2.45) is 0 Å². The summed E-state index contributed by atoms with van der Waals surface area (Å²) < 4.78 is 0. The molecule has 1 heterocycles. The van der Waals surface area contributed by atoms with E-state index in [-0.39, 0.29) is 0 Å². The highest BCUT2D eigenvalue weighted by atomic mass is 16.3. The Balaban J connectivity index is 1.40. The van der Waals surface area contributed by atoms with Crippen LogP contribution in [-0.2, 0) is 0 Å². The van der Waals surface area contributed by atoms with E-state index in [1.165, 1.54) is 52.7 Å². The van der Waals surface area contributed by atoms with Crippen LogP contribution in [-0.4, -0.2) is 29.6 Å². The van der Waals surface area contributed by atoms with Crippen LogP contribution < -0.4 is 0 Å². The number of nitrogens with zero attached hydrogens (tertiary/aromatic N) is 1. The fourth-order valence-corrected chi connectivity index (χ4v) is 4.68. The first-order chi connectivity index (χ1) is 14.3. The second kappa shape index (κ2) is 7.98. The normalized spacial score (nSPS) is 16.9. The molecule has 0 bridgehead atoms. The van der Waals surface area contributed by atoms with Crippen LogP contribution in [0.4, 0.5) is 0 Å². The van der Waals surface area contributed by atoms with E-state index in [0.717, 1.165) is 25.2 Å². The number of fused-ring (bicyclic) bond motifs is 3. The van der Waals surface area contributed by atoms with Gasteiger partial charge in [-0.05, 0) is 71.0 Å². The molecule has 1 aliphatic carbocycles. The molecular weight excluding hydrogens is 354 g/mol. The maximum Gasteiger partial charge on any atom is 0.0916 e. The Morgan fingerprint density at radius 3 is 1.86 bits per heavy atom.